The van der Waals surface area contributed by atoms with Crippen LogP contribution in [0, 0.1) is 0 Å². The van der Waals surface area contributed by atoms with E-state index in [4.69, 9.17) is 4.74 Å². The molecular formula is C18H25N5O2S. The van der Waals surface area contributed by atoms with Gasteiger partial charge in [-0.3, -0.25) is 14.3 Å². The van der Waals surface area contributed by atoms with Gasteiger partial charge in [0.15, 0.2) is 11.0 Å². The van der Waals surface area contributed by atoms with Crippen LogP contribution in [0.25, 0.3) is 11.4 Å². The first-order valence-corrected chi connectivity index (χ1v) is 9.86. The van der Waals surface area contributed by atoms with Gasteiger partial charge in [-0.2, -0.15) is 0 Å². The summed E-state index contributed by atoms with van der Waals surface area (Å²) in [4.78, 5) is 16.5. The van der Waals surface area contributed by atoms with Crippen molar-refractivity contribution in [2.45, 2.75) is 55.6 Å². The predicted molar refractivity (Wildman–Crippen MR) is 101 cm³/mol. The molecule has 2 aromatic rings. The van der Waals surface area contributed by atoms with E-state index in [9.17, 15) is 4.79 Å². The second kappa shape index (κ2) is 9.14. The van der Waals surface area contributed by atoms with E-state index < -0.39 is 0 Å². The molecule has 1 amide bonds. The van der Waals surface area contributed by atoms with E-state index in [0.29, 0.717) is 19.2 Å². The zero-order chi connectivity index (χ0) is 18.4. The van der Waals surface area contributed by atoms with E-state index in [0.717, 1.165) is 29.4 Å². The van der Waals surface area contributed by atoms with Crippen LogP contribution in [0.2, 0.25) is 0 Å². The Morgan fingerprint density at radius 1 is 1.35 bits per heavy atom. The molecule has 1 fully saturated rings. The van der Waals surface area contributed by atoms with Crippen LogP contribution in [-0.4, -0.2) is 50.7 Å². The topological polar surface area (TPSA) is 81.9 Å². The minimum Gasteiger partial charge on any atom is -0.383 e. The van der Waals surface area contributed by atoms with Gasteiger partial charge in [0, 0.05) is 31.1 Å². The number of nitrogens with one attached hydrogen (secondary N) is 1. The summed E-state index contributed by atoms with van der Waals surface area (Å²) in [5, 5.41) is 12.3. The van der Waals surface area contributed by atoms with Gasteiger partial charge in [0.2, 0.25) is 5.91 Å². The number of nitrogens with zero attached hydrogens (tertiary/aromatic N) is 4. The largest absolute Gasteiger partial charge is 0.383 e. The molecule has 140 valence electrons. The zero-order valence-electron chi connectivity index (χ0n) is 15.2. The molecule has 1 atom stereocenters. The van der Waals surface area contributed by atoms with Crippen LogP contribution in [0.15, 0.2) is 29.7 Å². The van der Waals surface area contributed by atoms with Crippen LogP contribution in [0.3, 0.4) is 0 Å². The lowest BCUT2D eigenvalue weighted by Crippen LogP contribution is -2.37. The van der Waals surface area contributed by atoms with Crippen molar-refractivity contribution in [2.75, 3.05) is 13.7 Å². The van der Waals surface area contributed by atoms with Crippen molar-refractivity contribution in [3.05, 3.63) is 24.5 Å². The summed E-state index contributed by atoms with van der Waals surface area (Å²) in [6, 6.07) is 4.12. The standard InChI is InChI=1S/C18H25N5O2S/c1-13(17(24)20-15-5-3-4-6-15)26-18-22-21-16(23(18)11-12-25-2)14-7-9-19-10-8-14/h7-10,13,15H,3-6,11-12H2,1-2H3,(H,20,24). The molecule has 1 aliphatic carbocycles. The number of hydrogen-bond donors (Lipinski definition) is 1. The van der Waals surface area contributed by atoms with Crippen LogP contribution in [0.1, 0.15) is 32.6 Å². The number of thioether (sulfide) groups is 1. The number of rotatable bonds is 8. The van der Waals surface area contributed by atoms with Gasteiger partial charge < -0.3 is 10.1 Å². The number of hydrogen-bond acceptors (Lipinski definition) is 6. The summed E-state index contributed by atoms with van der Waals surface area (Å²) < 4.78 is 7.23. The molecule has 7 nitrogen and oxygen atoms in total. The predicted octanol–water partition coefficient (Wildman–Crippen LogP) is 2.53. The van der Waals surface area contributed by atoms with Crippen LogP contribution >= 0.6 is 11.8 Å². The molecule has 2 aromatic heterocycles. The Labute approximate surface area is 157 Å². The maximum Gasteiger partial charge on any atom is 0.233 e. The Morgan fingerprint density at radius 3 is 2.77 bits per heavy atom. The molecular weight excluding hydrogens is 350 g/mol. The van der Waals surface area contributed by atoms with Crippen molar-refractivity contribution in [1.82, 2.24) is 25.1 Å². The van der Waals surface area contributed by atoms with E-state index in [1.54, 1.807) is 19.5 Å². The molecule has 0 aromatic carbocycles. The molecule has 0 saturated heterocycles. The third kappa shape index (κ3) is 4.62. The number of aromatic nitrogens is 4. The van der Waals surface area contributed by atoms with Crippen molar-refractivity contribution >= 4 is 17.7 Å². The minimum atomic E-state index is -0.230. The van der Waals surface area contributed by atoms with Gasteiger partial charge in [-0.1, -0.05) is 24.6 Å². The summed E-state index contributed by atoms with van der Waals surface area (Å²) in [5.41, 5.74) is 0.943. The molecule has 1 unspecified atom stereocenters. The molecule has 0 spiro atoms. The fourth-order valence-electron chi connectivity index (χ4n) is 3.07. The number of methoxy groups -OCH3 is 1. The normalized spacial score (nSPS) is 15.9. The number of carbonyl (C=O) groups is 1. The van der Waals surface area contributed by atoms with Crippen molar-refractivity contribution < 1.29 is 9.53 Å². The monoisotopic (exact) mass is 375 g/mol. The van der Waals surface area contributed by atoms with E-state index >= 15 is 0 Å². The van der Waals surface area contributed by atoms with Gasteiger partial charge in [-0.05, 0) is 31.9 Å². The third-order valence-corrected chi connectivity index (χ3v) is 5.61. The SMILES string of the molecule is COCCn1c(SC(C)C(=O)NC2CCCC2)nnc1-c1ccncc1. The van der Waals surface area contributed by atoms with Crippen molar-refractivity contribution in [2.24, 2.45) is 0 Å². The highest BCUT2D eigenvalue weighted by Crippen LogP contribution is 2.27. The Morgan fingerprint density at radius 2 is 2.08 bits per heavy atom. The highest BCUT2D eigenvalue weighted by atomic mass is 32.2. The molecule has 26 heavy (non-hydrogen) atoms. The Hall–Kier alpha value is -1.93. The summed E-state index contributed by atoms with van der Waals surface area (Å²) in [7, 11) is 1.67. The fraction of sp³-hybridized carbons (Fsp3) is 0.556. The van der Waals surface area contributed by atoms with E-state index in [2.05, 4.69) is 20.5 Å². The molecule has 3 rings (SSSR count). The molecule has 1 N–H and O–H groups in total. The van der Waals surface area contributed by atoms with E-state index in [1.807, 2.05) is 23.6 Å². The number of ether oxygens (including phenoxy) is 1. The molecule has 0 bridgehead atoms. The Bertz CT molecular complexity index is 716. The first kappa shape index (κ1) is 18.8. The zero-order valence-corrected chi connectivity index (χ0v) is 16.0. The van der Waals surface area contributed by atoms with Gasteiger partial charge >= 0.3 is 0 Å². The lowest BCUT2D eigenvalue weighted by atomic mass is 10.2. The third-order valence-electron chi connectivity index (χ3n) is 4.53. The van der Waals surface area contributed by atoms with Crippen LogP contribution < -0.4 is 5.32 Å². The first-order valence-electron chi connectivity index (χ1n) is 8.98. The van der Waals surface area contributed by atoms with Crippen molar-refractivity contribution in [1.29, 1.82) is 0 Å². The number of pyridine rings is 1. The molecule has 8 heteroatoms. The Kier molecular flexibility index (Phi) is 6.62. The minimum absolute atomic E-state index is 0.0636. The molecule has 0 radical (unpaired) electrons. The van der Waals surface area contributed by atoms with Crippen molar-refractivity contribution in [3.8, 4) is 11.4 Å². The molecule has 2 heterocycles. The van der Waals surface area contributed by atoms with Gasteiger partial charge in [0.1, 0.15) is 0 Å². The first-order chi connectivity index (χ1) is 12.7. The van der Waals surface area contributed by atoms with Crippen LogP contribution in [0.4, 0.5) is 0 Å². The lowest BCUT2D eigenvalue weighted by Gasteiger charge is -2.16. The number of carbonyl (C=O) groups excluding carboxylic acids is 1. The molecule has 0 aliphatic heterocycles. The highest BCUT2D eigenvalue weighted by Gasteiger charge is 2.24. The molecule has 1 saturated carbocycles. The summed E-state index contributed by atoms with van der Waals surface area (Å²) in [6.07, 6.45) is 8.03. The maximum absolute atomic E-state index is 12.5. The molecule has 1 aliphatic rings. The van der Waals surface area contributed by atoms with E-state index in [1.165, 1.54) is 24.6 Å². The van der Waals surface area contributed by atoms with Gasteiger partial charge in [0.05, 0.1) is 18.4 Å². The smallest absolute Gasteiger partial charge is 0.233 e. The van der Waals surface area contributed by atoms with Crippen LogP contribution in [0.5, 0.6) is 0 Å². The lowest BCUT2D eigenvalue weighted by molar-refractivity contribution is -0.120. The summed E-state index contributed by atoms with van der Waals surface area (Å²) in [6.45, 7) is 3.09. The average Bonchev–Trinajstić information content (AvgIpc) is 3.30. The second-order valence-electron chi connectivity index (χ2n) is 6.44. The van der Waals surface area contributed by atoms with Gasteiger partial charge in [-0.15, -0.1) is 10.2 Å². The second-order valence-corrected chi connectivity index (χ2v) is 7.74. The number of amides is 1. The fourth-order valence-corrected chi connectivity index (χ4v) is 3.96. The highest BCUT2D eigenvalue weighted by molar-refractivity contribution is 8.00. The average molecular weight is 375 g/mol. The summed E-state index contributed by atoms with van der Waals surface area (Å²) in [5.74, 6) is 0.823. The van der Waals surface area contributed by atoms with Gasteiger partial charge in [-0.25, -0.2) is 0 Å². The van der Waals surface area contributed by atoms with Crippen LogP contribution in [-0.2, 0) is 16.1 Å². The van der Waals surface area contributed by atoms with Crippen molar-refractivity contribution in [3.63, 3.8) is 0 Å². The quantitative estimate of drug-likeness (QED) is 0.714. The van der Waals surface area contributed by atoms with E-state index in [-0.39, 0.29) is 11.2 Å². The maximum atomic E-state index is 12.5. The Balaban J connectivity index is 1.73. The van der Waals surface area contributed by atoms with Gasteiger partial charge in [0.25, 0.3) is 0 Å². The summed E-state index contributed by atoms with van der Waals surface area (Å²) >= 11 is 1.43.